The molecule has 4 nitrogen and oxygen atoms in total. The molecular formula is C28H30FN3O. The van der Waals surface area contributed by atoms with Gasteiger partial charge in [-0.2, -0.15) is 0 Å². The third kappa shape index (κ3) is 3.58. The van der Waals surface area contributed by atoms with Gasteiger partial charge in [-0.15, -0.1) is 0 Å². The molecule has 2 aromatic heterocycles. The van der Waals surface area contributed by atoms with Crippen molar-refractivity contribution in [1.29, 1.82) is 0 Å². The number of benzene rings is 1. The van der Waals surface area contributed by atoms with Crippen LogP contribution in [0.3, 0.4) is 0 Å². The lowest BCUT2D eigenvalue weighted by Crippen LogP contribution is -2.42. The first-order valence-corrected chi connectivity index (χ1v) is 12.1. The van der Waals surface area contributed by atoms with Crippen LogP contribution in [-0.4, -0.2) is 23.2 Å². The molecule has 0 unspecified atom stereocenters. The van der Waals surface area contributed by atoms with Crippen LogP contribution < -0.4 is 4.90 Å². The molecule has 0 N–H and O–H groups in total. The molecule has 3 aliphatic rings. The van der Waals surface area contributed by atoms with Crippen LogP contribution >= 0.6 is 0 Å². The zero-order chi connectivity index (χ0) is 22.7. The summed E-state index contributed by atoms with van der Waals surface area (Å²) in [6.45, 7) is 8.06. The maximum absolute atomic E-state index is 14.0. The maximum Gasteiger partial charge on any atom is 0.147 e. The van der Waals surface area contributed by atoms with Crippen molar-refractivity contribution < 1.29 is 8.91 Å². The lowest BCUT2D eigenvalue weighted by molar-refractivity contribution is 0.277. The fraction of sp³-hybridized carbons (Fsp3) is 0.429. The summed E-state index contributed by atoms with van der Waals surface area (Å²) in [4.78, 5) is 7.02. The highest BCUT2D eigenvalue weighted by atomic mass is 19.1. The van der Waals surface area contributed by atoms with Gasteiger partial charge in [-0.1, -0.05) is 17.3 Å². The molecule has 1 aromatic carbocycles. The highest BCUT2D eigenvalue weighted by molar-refractivity contribution is 5.86. The van der Waals surface area contributed by atoms with Crippen LogP contribution in [0.4, 0.5) is 10.2 Å². The monoisotopic (exact) mass is 443 g/mol. The minimum Gasteiger partial charge on any atom is -0.360 e. The summed E-state index contributed by atoms with van der Waals surface area (Å²) in [6.07, 6.45) is 10.1. The highest BCUT2D eigenvalue weighted by Gasteiger charge is 2.44. The Morgan fingerprint density at radius 1 is 1.03 bits per heavy atom. The lowest BCUT2D eigenvalue weighted by atomic mass is 9.63. The smallest absolute Gasteiger partial charge is 0.147 e. The molecule has 1 saturated heterocycles. The fourth-order valence-electron chi connectivity index (χ4n) is 5.72. The number of halogens is 1. The zero-order valence-corrected chi connectivity index (χ0v) is 19.6. The summed E-state index contributed by atoms with van der Waals surface area (Å²) in [5, 5.41) is 4.54. The Labute approximate surface area is 194 Å². The molecule has 170 valence electrons. The number of hydrogen-bond donors (Lipinski definition) is 0. The van der Waals surface area contributed by atoms with E-state index in [4.69, 9.17) is 4.52 Å². The minimum atomic E-state index is -0.196. The van der Waals surface area contributed by atoms with E-state index in [-0.39, 0.29) is 11.2 Å². The topological polar surface area (TPSA) is 42.2 Å². The summed E-state index contributed by atoms with van der Waals surface area (Å²) in [5.74, 6) is 2.40. The van der Waals surface area contributed by atoms with E-state index in [0.717, 1.165) is 66.3 Å². The molecule has 3 heterocycles. The van der Waals surface area contributed by atoms with Crippen LogP contribution in [0.5, 0.6) is 0 Å². The molecule has 1 saturated carbocycles. The van der Waals surface area contributed by atoms with Gasteiger partial charge in [-0.25, -0.2) is 9.37 Å². The Morgan fingerprint density at radius 2 is 1.73 bits per heavy atom. The largest absolute Gasteiger partial charge is 0.360 e. The van der Waals surface area contributed by atoms with Gasteiger partial charge >= 0.3 is 0 Å². The Bertz CT molecular complexity index is 1220. The van der Waals surface area contributed by atoms with Crippen LogP contribution in [0.25, 0.3) is 16.8 Å². The highest BCUT2D eigenvalue weighted by Crippen LogP contribution is 2.56. The molecule has 1 spiro atoms. The van der Waals surface area contributed by atoms with Crippen molar-refractivity contribution in [1.82, 2.24) is 10.1 Å². The number of allylic oxidation sites excluding steroid dienone is 2. The molecular weight excluding hydrogens is 413 g/mol. The van der Waals surface area contributed by atoms with Gasteiger partial charge in [-0.05, 0) is 98.8 Å². The predicted octanol–water partition coefficient (Wildman–Crippen LogP) is 6.75. The number of aryl methyl sites for hydroxylation is 3. The molecule has 0 radical (unpaired) electrons. The minimum absolute atomic E-state index is 0.196. The van der Waals surface area contributed by atoms with Crippen LogP contribution in [0, 0.1) is 32.0 Å². The number of aromatic nitrogens is 2. The predicted molar refractivity (Wildman–Crippen MR) is 129 cm³/mol. The second-order valence-electron chi connectivity index (χ2n) is 10.3. The van der Waals surface area contributed by atoms with Gasteiger partial charge < -0.3 is 9.42 Å². The van der Waals surface area contributed by atoms with E-state index in [1.54, 1.807) is 12.1 Å². The molecule has 0 amide bonds. The normalized spacial score (nSPS) is 19.5. The van der Waals surface area contributed by atoms with E-state index in [1.807, 2.05) is 20.0 Å². The van der Waals surface area contributed by atoms with Crippen molar-refractivity contribution in [3.05, 3.63) is 70.4 Å². The van der Waals surface area contributed by atoms with E-state index in [9.17, 15) is 4.39 Å². The summed E-state index contributed by atoms with van der Waals surface area (Å²) >= 11 is 0. The fourth-order valence-corrected chi connectivity index (χ4v) is 5.72. The number of anilines is 1. The molecule has 5 heteroatoms. The van der Waals surface area contributed by atoms with Crippen molar-refractivity contribution in [3.63, 3.8) is 0 Å². The van der Waals surface area contributed by atoms with Crippen LogP contribution in [0.2, 0.25) is 0 Å². The molecule has 6 rings (SSSR count). The zero-order valence-electron chi connectivity index (χ0n) is 19.6. The first-order valence-electron chi connectivity index (χ1n) is 12.1. The van der Waals surface area contributed by atoms with Crippen LogP contribution in [0.1, 0.15) is 66.0 Å². The number of nitrogens with zero attached hydrogens (tertiary/aromatic N) is 3. The number of pyridine rings is 1. The van der Waals surface area contributed by atoms with Gasteiger partial charge in [0.1, 0.15) is 23.1 Å². The van der Waals surface area contributed by atoms with Gasteiger partial charge in [-0.3, -0.25) is 0 Å². The number of rotatable bonds is 4. The summed E-state index contributed by atoms with van der Waals surface area (Å²) < 4.78 is 19.9. The third-order valence-electron chi connectivity index (χ3n) is 7.72. The molecule has 1 aliphatic heterocycles. The van der Waals surface area contributed by atoms with Crippen molar-refractivity contribution >= 4 is 11.4 Å². The standard InChI is InChI=1S/C28H30FN3O/c1-17-4-7-23(30-16-17)32-10-8-28(9-11-32)14-21(15-28)25-26(31-33-27(25)20-5-6-20)24-18(2)12-22(29)13-19(24)3/h4,7,12-14,16,20H,5-6,8-11,15H2,1-3H3. The Morgan fingerprint density at radius 3 is 2.33 bits per heavy atom. The second-order valence-corrected chi connectivity index (χ2v) is 10.3. The summed E-state index contributed by atoms with van der Waals surface area (Å²) in [6, 6.07) is 7.47. The molecule has 0 atom stereocenters. The molecule has 0 bridgehead atoms. The molecule has 33 heavy (non-hydrogen) atoms. The van der Waals surface area contributed by atoms with Crippen molar-refractivity contribution in [3.8, 4) is 11.3 Å². The average molecular weight is 444 g/mol. The average Bonchev–Trinajstić information content (AvgIpc) is 3.52. The molecule has 2 aliphatic carbocycles. The summed E-state index contributed by atoms with van der Waals surface area (Å²) in [5.41, 5.74) is 7.75. The first kappa shape index (κ1) is 20.6. The Kier molecular flexibility index (Phi) is 4.72. The summed E-state index contributed by atoms with van der Waals surface area (Å²) in [7, 11) is 0. The van der Waals surface area contributed by atoms with Gasteiger partial charge in [0.2, 0.25) is 0 Å². The Hall–Kier alpha value is -2.95. The van der Waals surface area contributed by atoms with Gasteiger partial charge in [0.25, 0.3) is 0 Å². The van der Waals surface area contributed by atoms with Crippen molar-refractivity contribution in [2.24, 2.45) is 5.41 Å². The van der Waals surface area contributed by atoms with Gasteiger partial charge in [0.15, 0.2) is 0 Å². The molecule has 2 fully saturated rings. The van der Waals surface area contributed by atoms with E-state index >= 15 is 0 Å². The van der Waals surface area contributed by atoms with Crippen LogP contribution in [-0.2, 0) is 0 Å². The van der Waals surface area contributed by atoms with E-state index in [0.29, 0.717) is 5.92 Å². The van der Waals surface area contributed by atoms with E-state index in [2.05, 4.69) is 40.2 Å². The number of hydrogen-bond acceptors (Lipinski definition) is 4. The lowest BCUT2D eigenvalue weighted by Gasteiger charge is -2.46. The van der Waals surface area contributed by atoms with Crippen molar-refractivity contribution in [2.75, 3.05) is 18.0 Å². The first-order chi connectivity index (χ1) is 15.9. The molecule has 3 aromatic rings. The quantitative estimate of drug-likeness (QED) is 0.447. The maximum atomic E-state index is 14.0. The van der Waals surface area contributed by atoms with Gasteiger partial charge in [0, 0.05) is 36.3 Å². The Balaban J connectivity index is 1.29. The third-order valence-corrected chi connectivity index (χ3v) is 7.72. The van der Waals surface area contributed by atoms with Gasteiger partial charge in [0.05, 0.1) is 0 Å². The van der Waals surface area contributed by atoms with Crippen LogP contribution in [0.15, 0.2) is 41.1 Å². The SMILES string of the molecule is Cc1ccc(N2CCC3(C=C(c4c(-c5c(C)cc(F)cc5C)noc4C4CC4)C3)CC2)nc1. The second kappa shape index (κ2) is 7.54. The van der Waals surface area contributed by atoms with E-state index in [1.165, 1.54) is 29.5 Å². The van der Waals surface area contributed by atoms with E-state index < -0.39 is 0 Å². The number of piperidine rings is 1. The van der Waals surface area contributed by atoms with Crippen molar-refractivity contribution in [2.45, 2.75) is 58.8 Å².